The zero-order valence-corrected chi connectivity index (χ0v) is 11.6. The summed E-state index contributed by atoms with van der Waals surface area (Å²) >= 11 is 5.33. The van der Waals surface area contributed by atoms with Gasteiger partial charge in [-0.05, 0) is 39.5 Å². The first-order valence-electron chi connectivity index (χ1n) is 6.31. The van der Waals surface area contributed by atoms with E-state index >= 15 is 0 Å². The van der Waals surface area contributed by atoms with Gasteiger partial charge in [0, 0.05) is 17.9 Å². The van der Waals surface area contributed by atoms with Gasteiger partial charge in [0.25, 0.3) is 0 Å². The molecule has 0 spiro atoms. The molecule has 1 atom stereocenters. The lowest BCUT2D eigenvalue weighted by Gasteiger charge is -2.33. The Hall–Kier alpha value is -0.740. The van der Waals surface area contributed by atoms with Gasteiger partial charge in [-0.2, -0.15) is 0 Å². The normalized spacial score (nSPS) is 24.9. The van der Waals surface area contributed by atoms with E-state index in [2.05, 4.69) is 23.8 Å². The molecule has 3 nitrogen and oxygen atoms in total. The first-order valence-corrected chi connectivity index (χ1v) is 6.72. The standard InChI is InChI=1S/C13H20N2OS/c1-4-10-9(2)11(17)15-12(14-10)13(3)7-5-6-8-16-13/h4-8H2,1-3H3,(H,14,15,17). The van der Waals surface area contributed by atoms with Crippen molar-refractivity contribution in [3.05, 3.63) is 21.7 Å². The highest BCUT2D eigenvalue weighted by atomic mass is 32.1. The Bertz CT molecular complexity index is 461. The number of aromatic amines is 1. The van der Waals surface area contributed by atoms with Gasteiger partial charge in [-0.15, -0.1) is 0 Å². The molecule has 1 aromatic rings. The summed E-state index contributed by atoms with van der Waals surface area (Å²) in [6.45, 7) is 7.07. The van der Waals surface area contributed by atoms with E-state index in [1.54, 1.807) is 0 Å². The van der Waals surface area contributed by atoms with Crippen molar-refractivity contribution >= 4 is 12.2 Å². The SMILES string of the molecule is CCc1[nH]c(C2(C)CCCCO2)nc(=S)c1C. The van der Waals surface area contributed by atoms with Crippen LogP contribution >= 0.6 is 12.2 Å². The zero-order chi connectivity index (χ0) is 12.5. The molecule has 1 saturated heterocycles. The van der Waals surface area contributed by atoms with E-state index in [4.69, 9.17) is 17.0 Å². The molecule has 0 aliphatic carbocycles. The number of aromatic nitrogens is 2. The Morgan fingerprint density at radius 2 is 2.24 bits per heavy atom. The van der Waals surface area contributed by atoms with Crippen molar-refractivity contribution in [2.45, 2.75) is 52.1 Å². The van der Waals surface area contributed by atoms with Crippen LogP contribution in [0.5, 0.6) is 0 Å². The smallest absolute Gasteiger partial charge is 0.140 e. The van der Waals surface area contributed by atoms with Gasteiger partial charge in [0.05, 0.1) is 0 Å². The topological polar surface area (TPSA) is 37.9 Å². The molecule has 1 unspecified atom stereocenters. The number of hydrogen-bond donors (Lipinski definition) is 1. The second kappa shape index (κ2) is 4.86. The summed E-state index contributed by atoms with van der Waals surface area (Å²) in [5, 5.41) is 0. The summed E-state index contributed by atoms with van der Waals surface area (Å²) in [7, 11) is 0. The van der Waals surface area contributed by atoms with Crippen LogP contribution in [0.1, 0.15) is 50.2 Å². The molecule has 0 saturated carbocycles. The van der Waals surface area contributed by atoms with Gasteiger partial charge in [-0.25, -0.2) is 4.98 Å². The second-order valence-electron chi connectivity index (χ2n) is 4.88. The average Bonchev–Trinajstić information content (AvgIpc) is 2.33. The fourth-order valence-electron chi connectivity index (χ4n) is 2.30. The first-order chi connectivity index (χ1) is 8.07. The van der Waals surface area contributed by atoms with Gasteiger partial charge < -0.3 is 9.72 Å². The van der Waals surface area contributed by atoms with E-state index in [1.807, 2.05) is 6.92 Å². The van der Waals surface area contributed by atoms with E-state index in [-0.39, 0.29) is 5.60 Å². The highest BCUT2D eigenvalue weighted by Gasteiger charge is 2.32. The van der Waals surface area contributed by atoms with E-state index in [0.29, 0.717) is 4.64 Å². The van der Waals surface area contributed by atoms with Crippen molar-refractivity contribution in [2.24, 2.45) is 0 Å². The summed E-state index contributed by atoms with van der Waals surface area (Å²) in [6.07, 6.45) is 4.29. The van der Waals surface area contributed by atoms with Crippen LogP contribution in [0.15, 0.2) is 0 Å². The number of nitrogens with one attached hydrogen (secondary N) is 1. The number of nitrogens with zero attached hydrogens (tertiary/aromatic N) is 1. The summed E-state index contributed by atoms with van der Waals surface area (Å²) in [4.78, 5) is 7.92. The van der Waals surface area contributed by atoms with Crippen LogP contribution < -0.4 is 0 Å². The van der Waals surface area contributed by atoms with Crippen molar-refractivity contribution in [1.29, 1.82) is 0 Å². The third-order valence-electron chi connectivity index (χ3n) is 3.58. The summed E-state index contributed by atoms with van der Waals surface area (Å²) in [6, 6.07) is 0. The van der Waals surface area contributed by atoms with Gasteiger partial charge >= 0.3 is 0 Å². The summed E-state index contributed by atoms with van der Waals surface area (Å²) in [5.41, 5.74) is 1.98. The molecule has 4 heteroatoms. The third-order valence-corrected chi connectivity index (χ3v) is 3.98. The lowest BCUT2D eigenvalue weighted by molar-refractivity contribution is -0.0762. The molecular weight excluding hydrogens is 232 g/mol. The van der Waals surface area contributed by atoms with Crippen LogP contribution in [-0.2, 0) is 16.8 Å². The maximum Gasteiger partial charge on any atom is 0.140 e. The van der Waals surface area contributed by atoms with Gasteiger partial charge in [0.15, 0.2) is 0 Å². The largest absolute Gasteiger partial charge is 0.367 e. The molecule has 0 amide bonds. The van der Waals surface area contributed by atoms with Crippen LogP contribution in [0.3, 0.4) is 0 Å². The maximum atomic E-state index is 5.91. The van der Waals surface area contributed by atoms with Crippen molar-refractivity contribution in [2.75, 3.05) is 6.61 Å². The Labute approximate surface area is 108 Å². The number of ether oxygens (including phenoxy) is 1. The lowest BCUT2D eigenvalue weighted by Crippen LogP contribution is -2.32. The monoisotopic (exact) mass is 252 g/mol. The minimum atomic E-state index is -0.288. The molecule has 0 aromatic carbocycles. The minimum Gasteiger partial charge on any atom is -0.367 e. The Kier molecular flexibility index (Phi) is 3.64. The predicted octanol–water partition coefficient (Wildman–Crippen LogP) is 3.43. The quantitative estimate of drug-likeness (QED) is 0.819. The first kappa shape index (κ1) is 12.7. The second-order valence-corrected chi connectivity index (χ2v) is 5.27. The maximum absolute atomic E-state index is 5.91. The van der Waals surface area contributed by atoms with E-state index in [0.717, 1.165) is 37.3 Å². The molecule has 1 aliphatic rings. The molecule has 0 bridgehead atoms. The molecule has 0 radical (unpaired) electrons. The van der Waals surface area contributed by atoms with Crippen molar-refractivity contribution in [3.63, 3.8) is 0 Å². The van der Waals surface area contributed by atoms with E-state index in [1.165, 1.54) is 12.1 Å². The molecule has 1 fully saturated rings. The fraction of sp³-hybridized carbons (Fsp3) is 0.692. The number of H-pyrrole nitrogens is 1. The summed E-state index contributed by atoms with van der Waals surface area (Å²) in [5.74, 6) is 0.893. The highest BCUT2D eigenvalue weighted by Crippen LogP contribution is 2.32. The molecule has 1 aromatic heterocycles. The molecule has 1 N–H and O–H groups in total. The van der Waals surface area contributed by atoms with Gasteiger partial charge in [-0.3, -0.25) is 0 Å². The Balaban J connectivity index is 2.45. The van der Waals surface area contributed by atoms with Crippen molar-refractivity contribution in [1.82, 2.24) is 9.97 Å². The molecule has 2 heterocycles. The number of rotatable bonds is 2. The molecule has 1 aliphatic heterocycles. The molecule has 2 rings (SSSR count). The van der Waals surface area contributed by atoms with Crippen LogP contribution in [0, 0.1) is 11.6 Å². The molecule has 94 valence electrons. The van der Waals surface area contributed by atoms with Gasteiger partial charge in [0.1, 0.15) is 16.1 Å². The fourth-order valence-corrected chi connectivity index (χ4v) is 2.52. The van der Waals surface area contributed by atoms with E-state index in [9.17, 15) is 0 Å². The lowest BCUT2D eigenvalue weighted by atomic mass is 9.95. The van der Waals surface area contributed by atoms with Crippen LogP contribution in [0.25, 0.3) is 0 Å². The van der Waals surface area contributed by atoms with Gasteiger partial charge in [0.2, 0.25) is 0 Å². The van der Waals surface area contributed by atoms with Crippen molar-refractivity contribution < 1.29 is 4.74 Å². The molecule has 17 heavy (non-hydrogen) atoms. The number of hydrogen-bond acceptors (Lipinski definition) is 3. The van der Waals surface area contributed by atoms with Crippen LogP contribution in [0.4, 0.5) is 0 Å². The van der Waals surface area contributed by atoms with E-state index < -0.39 is 0 Å². The van der Waals surface area contributed by atoms with Crippen LogP contribution in [-0.4, -0.2) is 16.6 Å². The summed E-state index contributed by atoms with van der Waals surface area (Å²) < 4.78 is 6.61. The zero-order valence-electron chi connectivity index (χ0n) is 10.8. The van der Waals surface area contributed by atoms with Gasteiger partial charge in [-0.1, -0.05) is 19.1 Å². The Morgan fingerprint density at radius 1 is 1.47 bits per heavy atom. The highest BCUT2D eigenvalue weighted by molar-refractivity contribution is 7.71. The third kappa shape index (κ3) is 2.43. The minimum absolute atomic E-state index is 0.288. The average molecular weight is 252 g/mol. The predicted molar refractivity (Wildman–Crippen MR) is 70.7 cm³/mol. The van der Waals surface area contributed by atoms with Crippen molar-refractivity contribution in [3.8, 4) is 0 Å². The molecular formula is C13H20N2OS. The van der Waals surface area contributed by atoms with Crippen LogP contribution in [0.2, 0.25) is 0 Å². The number of aryl methyl sites for hydroxylation is 1. The Morgan fingerprint density at radius 3 is 2.82 bits per heavy atom.